The maximum atomic E-state index is 12.3. The van der Waals surface area contributed by atoms with Crippen molar-refractivity contribution in [1.29, 1.82) is 0 Å². The molecule has 1 rings (SSSR count). The summed E-state index contributed by atoms with van der Waals surface area (Å²) in [6.45, 7) is 4.13. The maximum Gasteiger partial charge on any atom is 0.265 e. The summed E-state index contributed by atoms with van der Waals surface area (Å²) >= 11 is 3.21. The number of anilines is 1. The van der Waals surface area contributed by atoms with Crippen molar-refractivity contribution in [2.75, 3.05) is 19.4 Å². The van der Waals surface area contributed by atoms with Gasteiger partial charge in [0.2, 0.25) is 0 Å². The molecule has 0 unspecified atom stereocenters. The first-order valence-corrected chi connectivity index (χ1v) is 7.64. The van der Waals surface area contributed by atoms with Gasteiger partial charge in [0.25, 0.3) is 10.0 Å². The Morgan fingerprint density at radius 2 is 2.06 bits per heavy atom. The van der Waals surface area contributed by atoms with E-state index >= 15 is 0 Å². The molecule has 0 heterocycles. The molecular weight excluding hydrogens is 320 g/mol. The van der Waals surface area contributed by atoms with Gasteiger partial charge < -0.3 is 5.73 Å². The second kappa shape index (κ2) is 6.01. The van der Waals surface area contributed by atoms with Crippen LogP contribution in [0.4, 0.5) is 5.69 Å². The predicted octanol–water partition coefficient (Wildman–Crippen LogP) is 2.24. The smallest absolute Gasteiger partial charge is 0.265 e. The number of hydroxylamine groups is 1. The van der Waals surface area contributed by atoms with Gasteiger partial charge >= 0.3 is 0 Å². The third kappa shape index (κ3) is 3.44. The van der Waals surface area contributed by atoms with Crippen LogP contribution < -0.4 is 5.73 Å². The van der Waals surface area contributed by atoms with Gasteiger partial charge in [-0.3, -0.25) is 4.84 Å². The van der Waals surface area contributed by atoms with E-state index in [2.05, 4.69) is 15.9 Å². The van der Waals surface area contributed by atoms with Crippen LogP contribution in [-0.4, -0.2) is 26.5 Å². The average molecular weight is 337 g/mol. The van der Waals surface area contributed by atoms with Crippen LogP contribution in [0.3, 0.4) is 0 Å². The molecule has 0 aliphatic rings. The molecule has 0 bridgehead atoms. The second-order valence-electron chi connectivity index (χ2n) is 4.25. The van der Waals surface area contributed by atoms with Gasteiger partial charge in [-0.15, -0.1) is 0 Å². The average Bonchev–Trinajstić information content (AvgIpc) is 2.28. The number of nitrogen functional groups attached to an aromatic ring is 1. The number of nitrogens with zero attached hydrogens (tertiary/aromatic N) is 1. The first-order chi connectivity index (χ1) is 8.28. The summed E-state index contributed by atoms with van der Waals surface area (Å²) in [5.74, 6) is 0.164. The lowest BCUT2D eigenvalue weighted by Gasteiger charge is -2.21. The van der Waals surface area contributed by atoms with E-state index in [0.717, 1.165) is 4.47 Å². The van der Waals surface area contributed by atoms with Crippen LogP contribution in [0.5, 0.6) is 0 Å². The Hall–Kier alpha value is -0.630. The largest absolute Gasteiger partial charge is 0.398 e. The quantitative estimate of drug-likeness (QED) is 0.661. The molecule has 0 fully saturated rings. The van der Waals surface area contributed by atoms with Gasteiger partial charge in [0, 0.05) is 16.7 Å². The Kier molecular flexibility index (Phi) is 5.15. The third-order valence-corrected chi connectivity index (χ3v) is 4.63. The van der Waals surface area contributed by atoms with Crippen molar-refractivity contribution in [3.8, 4) is 0 Å². The van der Waals surface area contributed by atoms with Crippen LogP contribution in [0.25, 0.3) is 0 Å². The molecule has 0 amide bonds. The number of rotatable bonds is 5. The van der Waals surface area contributed by atoms with Gasteiger partial charge in [0.1, 0.15) is 0 Å². The molecule has 1 aromatic carbocycles. The first kappa shape index (κ1) is 15.4. The highest BCUT2D eigenvalue weighted by atomic mass is 79.9. The SMILES string of the molecule is CON(CC(C)C)S(=O)(=O)c1ccc(N)c(Br)c1. The van der Waals surface area contributed by atoms with Crippen LogP contribution in [0.1, 0.15) is 13.8 Å². The molecule has 0 saturated heterocycles. The molecule has 0 radical (unpaired) electrons. The number of halogens is 1. The van der Waals surface area contributed by atoms with E-state index in [1.807, 2.05) is 13.8 Å². The van der Waals surface area contributed by atoms with Gasteiger partial charge in [-0.05, 0) is 40.0 Å². The van der Waals surface area contributed by atoms with E-state index < -0.39 is 10.0 Å². The Labute approximate surface area is 116 Å². The highest BCUT2D eigenvalue weighted by Crippen LogP contribution is 2.25. The molecular formula is C11H17BrN2O3S. The predicted molar refractivity (Wildman–Crippen MR) is 74.3 cm³/mol. The van der Waals surface area contributed by atoms with E-state index in [9.17, 15) is 8.42 Å². The molecule has 0 atom stereocenters. The molecule has 0 saturated carbocycles. The Bertz CT molecular complexity index is 517. The summed E-state index contributed by atoms with van der Waals surface area (Å²) in [6.07, 6.45) is 0. The normalized spacial score (nSPS) is 12.3. The van der Waals surface area contributed by atoms with Gasteiger partial charge in [-0.25, -0.2) is 8.42 Å². The van der Waals surface area contributed by atoms with E-state index in [1.165, 1.54) is 19.2 Å². The summed E-state index contributed by atoms with van der Waals surface area (Å²) < 4.78 is 26.1. The first-order valence-electron chi connectivity index (χ1n) is 5.41. The molecule has 7 heteroatoms. The summed E-state index contributed by atoms with van der Waals surface area (Å²) in [4.78, 5) is 5.09. The Balaban J connectivity index is 3.14. The lowest BCUT2D eigenvalue weighted by atomic mass is 10.2. The second-order valence-corrected chi connectivity index (χ2v) is 6.93. The van der Waals surface area contributed by atoms with E-state index in [-0.39, 0.29) is 10.8 Å². The molecule has 5 nitrogen and oxygen atoms in total. The van der Waals surface area contributed by atoms with Crippen molar-refractivity contribution in [2.45, 2.75) is 18.7 Å². The lowest BCUT2D eigenvalue weighted by molar-refractivity contribution is -0.0558. The van der Waals surface area contributed by atoms with E-state index in [4.69, 9.17) is 10.6 Å². The highest BCUT2D eigenvalue weighted by Gasteiger charge is 2.25. The van der Waals surface area contributed by atoms with Crippen LogP contribution in [0.15, 0.2) is 27.6 Å². The third-order valence-electron chi connectivity index (χ3n) is 2.26. The number of nitrogens with two attached hydrogens (primary N) is 1. The molecule has 0 aliphatic heterocycles. The van der Waals surface area contributed by atoms with E-state index in [1.54, 1.807) is 6.07 Å². The summed E-state index contributed by atoms with van der Waals surface area (Å²) in [7, 11) is -2.32. The number of hydrogen-bond donors (Lipinski definition) is 1. The molecule has 0 aromatic heterocycles. The fourth-order valence-corrected chi connectivity index (χ4v) is 3.32. The van der Waals surface area contributed by atoms with Crippen LogP contribution >= 0.6 is 15.9 Å². The zero-order chi connectivity index (χ0) is 13.9. The molecule has 102 valence electrons. The summed E-state index contributed by atoms with van der Waals surface area (Å²) in [5, 5.41) is 0. The molecule has 0 aliphatic carbocycles. The number of sulfonamides is 1. The molecule has 2 N–H and O–H groups in total. The highest BCUT2D eigenvalue weighted by molar-refractivity contribution is 9.10. The monoisotopic (exact) mass is 336 g/mol. The minimum Gasteiger partial charge on any atom is -0.398 e. The minimum absolute atomic E-state index is 0.145. The van der Waals surface area contributed by atoms with Crippen molar-refractivity contribution < 1.29 is 13.3 Å². The number of benzene rings is 1. The molecule has 0 spiro atoms. The zero-order valence-electron chi connectivity index (χ0n) is 10.6. The van der Waals surface area contributed by atoms with Gasteiger partial charge in [0.05, 0.1) is 12.0 Å². The van der Waals surface area contributed by atoms with Gasteiger partial charge in [-0.1, -0.05) is 18.3 Å². The minimum atomic E-state index is -3.66. The van der Waals surface area contributed by atoms with Gasteiger partial charge in [-0.2, -0.15) is 0 Å². The lowest BCUT2D eigenvalue weighted by Crippen LogP contribution is -2.33. The Morgan fingerprint density at radius 3 is 2.50 bits per heavy atom. The van der Waals surface area contributed by atoms with Crippen molar-refractivity contribution >= 4 is 31.6 Å². The fraction of sp³-hybridized carbons (Fsp3) is 0.455. The Morgan fingerprint density at radius 1 is 1.44 bits per heavy atom. The molecule has 18 heavy (non-hydrogen) atoms. The summed E-state index contributed by atoms with van der Waals surface area (Å²) in [6, 6.07) is 4.47. The van der Waals surface area contributed by atoms with Crippen molar-refractivity contribution in [1.82, 2.24) is 4.47 Å². The van der Waals surface area contributed by atoms with Crippen molar-refractivity contribution in [3.63, 3.8) is 0 Å². The van der Waals surface area contributed by atoms with Crippen LogP contribution in [0.2, 0.25) is 0 Å². The van der Waals surface area contributed by atoms with Crippen LogP contribution in [-0.2, 0) is 14.9 Å². The maximum absolute atomic E-state index is 12.3. The van der Waals surface area contributed by atoms with Gasteiger partial charge in [0.15, 0.2) is 0 Å². The molecule has 1 aromatic rings. The topological polar surface area (TPSA) is 72.6 Å². The number of hydrogen-bond acceptors (Lipinski definition) is 4. The van der Waals surface area contributed by atoms with Crippen molar-refractivity contribution in [3.05, 3.63) is 22.7 Å². The zero-order valence-corrected chi connectivity index (χ0v) is 13.0. The van der Waals surface area contributed by atoms with Crippen molar-refractivity contribution in [2.24, 2.45) is 5.92 Å². The standard InChI is InChI=1S/C11H17BrN2O3S/c1-8(2)7-14(17-3)18(15,16)9-4-5-11(13)10(12)6-9/h4-6,8H,7,13H2,1-3H3. The fourth-order valence-electron chi connectivity index (χ4n) is 1.35. The van der Waals surface area contributed by atoms with Crippen LogP contribution in [0, 0.1) is 5.92 Å². The van der Waals surface area contributed by atoms with E-state index in [0.29, 0.717) is 16.7 Å². The summed E-state index contributed by atoms with van der Waals surface area (Å²) in [5.41, 5.74) is 6.12.